The van der Waals surface area contributed by atoms with E-state index in [-0.39, 0.29) is 35.6 Å². The van der Waals surface area contributed by atoms with Crippen LogP contribution in [-0.4, -0.2) is 78.1 Å². The fourth-order valence-electron chi connectivity index (χ4n) is 6.05. The number of aliphatic hydroxyl groups is 1. The van der Waals surface area contributed by atoms with E-state index in [1.165, 1.54) is 12.8 Å². The van der Waals surface area contributed by atoms with Gasteiger partial charge >= 0.3 is 0 Å². The highest BCUT2D eigenvalue weighted by molar-refractivity contribution is 7.91. The number of sulfone groups is 1. The Morgan fingerprint density at radius 2 is 1.67 bits per heavy atom. The molecule has 2 heterocycles. The van der Waals surface area contributed by atoms with E-state index in [9.17, 15) is 18.3 Å². The van der Waals surface area contributed by atoms with Crippen LogP contribution in [0.2, 0.25) is 0 Å². The molecule has 0 bridgehead atoms. The summed E-state index contributed by atoms with van der Waals surface area (Å²) >= 11 is 0. The Morgan fingerprint density at radius 1 is 0.963 bits per heavy atom. The summed E-state index contributed by atoms with van der Waals surface area (Å²) in [5.74, 6) is 0.770. The van der Waals surface area contributed by atoms with Crippen LogP contribution in [0.1, 0.15) is 64.2 Å². The van der Waals surface area contributed by atoms with Gasteiger partial charge in [0.15, 0.2) is 9.84 Å². The topological polar surface area (TPSA) is 77.9 Å². The monoisotopic (exact) mass is 398 g/mol. The first-order valence-electron chi connectivity index (χ1n) is 10.9. The Morgan fingerprint density at radius 3 is 2.37 bits per heavy atom. The lowest BCUT2D eigenvalue weighted by atomic mass is 9.76. The Bertz CT molecular complexity index is 646. The smallest absolute Gasteiger partial charge is 0.237 e. The van der Waals surface area contributed by atoms with Gasteiger partial charge in [-0.25, -0.2) is 8.42 Å². The van der Waals surface area contributed by atoms with Crippen molar-refractivity contribution in [1.29, 1.82) is 0 Å². The molecule has 6 nitrogen and oxygen atoms in total. The van der Waals surface area contributed by atoms with Gasteiger partial charge < -0.3 is 10.0 Å². The number of hydrogen-bond acceptors (Lipinski definition) is 5. The predicted octanol–water partition coefficient (Wildman–Crippen LogP) is 1.57. The molecule has 4 fully saturated rings. The first-order chi connectivity index (χ1) is 12.9. The van der Waals surface area contributed by atoms with Crippen LogP contribution in [0.15, 0.2) is 0 Å². The summed E-state index contributed by atoms with van der Waals surface area (Å²) < 4.78 is 24.0. The molecular formula is C20H34N2O4S. The standard InChI is InChI=1S/C20H34N2O4S/c23-19-9-11-21(18-8-4-3-7-17(18)19)13-20(24)22(15-5-1-2-6-15)16-10-12-27(25,26)14-16/h15-19,23H,1-14H2. The molecular weight excluding hydrogens is 364 g/mol. The highest BCUT2D eigenvalue weighted by Crippen LogP contribution is 2.36. The lowest BCUT2D eigenvalue weighted by molar-refractivity contribution is -0.140. The van der Waals surface area contributed by atoms with Gasteiger partial charge in [0.2, 0.25) is 5.91 Å². The molecule has 27 heavy (non-hydrogen) atoms. The van der Waals surface area contributed by atoms with Crippen LogP contribution < -0.4 is 0 Å². The minimum Gasteiger partial charge on any atom is -0.393 e. The molecule has 2 aliphatic carbocycles. The summed E-state index contributed by atoms with van der Waals surface area (Å²) in [7, 11) is -3.00. The first kappa shape index (κ1) is 19.6. The van der Waals surface area contributed by atoms with Crippen LogP contribution in [0.3, 0.4) is 0 Å². The second-order valence-electron chi connectivity index (χ2n) is 9.14. The van der Waals surface area contributed by atoms with Crippen molar-refractivity contribution in [2.24, 2.45) is 5.92 Å². The number of carbonyl (C=O) groups is 1. The number of rotatable bonds is 4. The zero-order chi connectivity index (χ0) is 19.0. The summed E-state index contributed by atoms with van der Waals surface area (Å²) in [6.07, 6.45) is 9.86. The lowest BCUT2D eigenvalue weighted by Gasteiger charge is -2.47. The maximum absolute atomic E-state index is 13.4. The van der Waals surface area contributed by atoms with Gasteiger partial charge in [-0.05, 0) is 38.5 Å². The Labute approximate surface area is 163 Å². The third-order valence-corrected chi connectivity index (χ3v) is 9.15. The van der Waals surface area contributed by atoms with Crippen LogP contribution in [0.25, 0.3) is 0 Å². The number of fused-ring (bicyclic) bond motifs is 1. The molecule has 0 aromatic heterocycles. The van der Waals surface area contributed by atoms with Gasteiger partial charge in [0, 0.05) is 30.6 Å². The SMILES string of the molecule is O=C(CN1CCC(O)C2CCCCC21)N(C1CCCC1)C1CCS(=O)(=O)C1. The molecule has 4 atom stereocenters. The number of piperidine rings is 1. The maximum atomic E-state index is 13.4. The molecule has 2 aliphatic heterocycles. The van der Waals surface area contributed by atoms with E-state index in [0.717, 1.165) is 51.5 Å². The van der Waals surface area contributed by atoms with E-state index in [1.807, 2.05) is 4.90 Å². The molecule has 0 radical (unpaired) electrons. The number of carbonyl (C=O) groups excluding carboxylic acids is 1. The molecule has 4 aliphatic rings. The molecule has 1 amide bonds. The van der Waals surface area contributed by atoms with Crippen molar-refractivity contribution < 1.29 is 18.3 Å². The van der Waals surface area contributed by atoms with Gasteiger partial charge in [0.1, 0.15) is 0 Å². The van der Waals surface area contributed by atoms with E-state index >= 15 is 0 Å². The van der Waals surface area contributed by atoms with Crippen molar-refractivity contribution in [3.8, 4) is 0 Å². The summed E-state index contributed by atoms with van der Waals surface area (Å²) in [6.45, 7) is 1.16. The summed E-state index contributed by atoms with van der Waals surface area (Å²) in [5, 5.41) is 10.4. The van der Waals surface area contributed by atoms with E-state index in [1.54, 1.807) is 0 Å². The normalized spacial score (nSPS) is 37.2. The van der Waals surface area contributed by atoms with Gasteiger partial charge in [-0.3, -0.25) is 9.69 Å². The molecule has 4 unspecified atom stereocenters. The third kappa shape index (κ3) is 4.20. The van der Waals surface area contributed by atoms with Gasteiger partial charge in [-0.15, -0.1) is 0 Å². The molecule has 2 saturated heterocycles. The van der Waals surface area contributed by atoms with Gasteiger partial charge in [0.25, 0.3) is 0 Å². The number of likely N-dealkylation sites (tertiary alicyclic amines) is 1. The van der Waals surface area contributed by atoms with Crippen molar-refractivity contribution in [3.63, 3.8) is 0 Å². The van der Waals surface area contributed by atoms with Crippen LogP contribution in [-0.2, 0) is 14.6 Å². The molecule has 0 spiro atoms. The second kappa shape index (κ2) is 7.99. The van der Waals surface area contributed by atoms with Crippen LogP contribution in [0, 0.1) is 5.92 Å². The van der Waals surface area contributed by atoms with E-state index < -0.39 is 9.84 Å². The minimum atomic E-state index is -3.00. The fourth-order valence-corrected chi connectivity index (χ4v) is 7.77. The molecule has 7 heteroatoms. The minimum absolute atomic E-state index is 0.115. The second-order valence-corrected chi connectivity index (χ2v) is 11.4. The number of hydrogen-bond donors (Lipinski definition) is 1. The van der Waals surface area contributed by atoms with Crippen molar-refractivity contribution in [1.82, 2.24) is 9.80 Å². The van der Waals surface area contributed by atoms with Crippen LogP contribution >= 0.6 is 0 Å². The molecule has 2 saturated carbocycles. The third-order valence-electron chi connectivity index (χ3n) is 7.40. The highest BCUT2D eigenvalue weighted by atomic mass is 32.2. The van der Waals surface area contributed by atoms with E-state index in [4.69, 9.17) is 0 Å². The van der Waals surface area contributed by atoms with Crippen molar-refractivity contribution in [2.45, 2.75) is 88.4 Å². The van der Waals surface area contributed by atoms with Crippen molar-refractivity contribution in [2.75, 3.05) is 24.6 Å². The Balaban J connectivity index is 1.48. The molecule has 0 aromatic carbocycles. The zero-order valence-electron chi connectivity index (χ0n) is 16.3. The largest absolute Gasteiger partial charge is 0.393 e. The number of aliphatic hydroxyl groups excluding tert-OH is 1. The summed E-state index contributed by atoms with van der Waals surface area (Å²) in [5.41, 5.74) is 0. The lowest BCUT2D eigenvalue weighted by Crippen LogP contribution is -2.57. The predicted molar refractivity (Wildman–Crippen MR) is 104 cm³/mol. The first-order valence-corrected chi connectivity index (χ1v) is 12.7. The zero-order valence-corrected chi connectivity index (χ0v) is 17.1. The Kier molecular flexibility index (Phi) is 5.82. The van der Waals surface area contributed by atoms with Crippen molar-refractivity contribution >= 4 is 15.7 Å². The van der Waals surface area contributed by atoms with Crippen LogP contribution in [0.4, 0.5) is 0 Å². The van der Waals surface area contributed by atoms with E-state index in [0.29, 0.717) is 24.9 Å². The van der Waals surface area contributed by atoms with Crippen molar-refractivity contribution in [3.05, 3.63) is 0 Å². The van der Waals surface area contributed by atoms with Gasteiger partial charge in [-0.2, -0.15) is 0 Å². The van der Waals surface area contributed by atoms with Gasteiger partial charge in [0.05, 0.1) is 24.2 Å². The maximum Gasteiger partial charge on any atom is 0.237 e. The summed E-state index contributed by atoms with van der Waals surface area (Å²) in [6, 6.07) is 0.389. The quantitative estimate of drug-likeness (QED) is 0.778. The summed E-state index contributed by atoms with van der Waals surface area (Å²) in [4.78, 5) is 17.6. The van der Waals surface area contributed by atoms with Crippen LogP contribution in [0.5, 0.6) is 0 Å². The fraction of sp³-hybridized carbons (Fsp3) is 0.950. The Hall–Kier alpha value is -0.660. The molecule has 154 valence electrons. The average Bonchev–Trinajstić information content (AvgIpc) is 3.28. The number of nitrogens with zero attached hydrogens (tertiary/aromatic N) is 2. The molecule has 1 N–H and O–H groups in total. The molecule has 4 rings (SSSR count). The number of amides is 1. The molecule has 0 aromatic rings. The average molecular weight is 399 g/mol. The van der Waals surface area contributed by atoms with E-state index in [2.05, 4.69) is 4.90 Å². The highest BCUT2D eigenvalue weighted by Gasteiger charge is 2.42. The van der Waals surface area contributed by atoms with Gasteiger partial charge in [-0.1, -0.05) is 25.7 Å².